The number of rotatable bonds is 1. The van der Waals surface area contributed by atoms with E-state index < -0.39 is 46.3 Å². The van der Waals surface area contributed by atoms with Gasteiger partial charge in [0.2, 0.25) is 0 Å². The Morgan fingerprint density at radius 1 is 0.560 bits per heavy atom. The van der Waals surface area contributed by atoms with E-state index in [0.717, 1.165) is 12.1 Å². The largest absolute Gasteiger partial charge is 0.417 e. The van der Waals surface area contributed by atoms with Crippen molar-refractivity contribution in [2.24, 2.45) is 0 Å². The lowest BCUT2D eigenvalue weighted by Gasteiger charge is -2.19. The van der Waals surface area contributed by atoms with Crippen molar-refractivity contribution in [3.8, 4) is 11.1 Å². The predicted octanol–water partition coefficient (Wildman–Crippen LogP) is 6.72. The SMILES string of the molecule is Cc1ccc(C(F)(F)F)c(-c2cc(C(F)(F)F)ccc2C(F)(F)F)c1. The van der Waals surface area contributed by atoms with E-state index in [1.165, 1.54) is 6.92 Å². The molecule has 9 heteroatoms. The standard InChI is InChI=1S/C16H9F9/c1-8-2-4-12(15(20,21)22)10(6-8)11-7-9(14(17,18)19)3-5-13(11)16(23,24)25/h2-7H,1H3. The first-order valence-corrected chi connectivity index (χ1v) is 6.68. The van der Waals surface area contributed by atoms with Crippen molar-refractivity contribution in [2.45, 2.75) is 25.5 Å². The smallest absolute Gasteiger partial charge is 0.166 e. The van der Waals surface area contributed by atoms with E-state index in [1.807, 2.05) is 0 Å². The van der Waals surface area contributed by atoms with Gasteiger partial charge in [-0.25, -0.2) is 0 Å². The molecule has 0 aliphatic rings. The molecule has 0 atom stereocenters. The van der Waals surface area contributed by atoms with Crippen LogP contribution in [0, 0.1) is 6.92 Å². The molecule has 25 heavy (non-hydrogen) atoms. The zero-order valence-electron chi connectivity index (χ0n) is 12.4. The van der Waals surface area contributed by atoms with E-state index >= 15 is 0 Å². The second-order valence-corrected chi connectivity index (χ2v) is 5.30. The fourth-order valence-corrected chi connectivity index (χ4v) is 2.32. The van der Waals surface area contributed by atoms with Crippen molar-refractivity contribution < 1.29 is 39.5 Å². The number of hydrogen-bond donors (Lipinski definition) is 0. The number of benzene rings is 2. The summed E-state index contributed by atoms with van der Waals surface area (Å²) in [6.45, 7) is 1.32. The van der Waals surface area contributed by atoms with Crippen molar-refractivity contribution in [3.05, 3.63) is 58.7 Å². The lowest BCUT2D eigenvalue weighted by Crippen LogP contribution is -2.13. The molecular formula is C16H9F9. The van der Waals surface area contributed by atoms with Gasteiger partial charge < -0.3 is 0 Å². The van der Waals surface area contributed by atoms with Crippen LogP contribution in [0.2, 0.25) is 0 Å². The maximum absolute atomic E-state index is 13.1. The molecule has 0 spiro atoms. The normalized spacial score (nSPS) is 13.2. The first-order valence-electron chi connectivity index (χ1n) is 6.68. The Labute approximate surface area is 135 Å². The third-order valence-corrected chi connectivity index (χ3v) is 3.42. The third kappa shape index (κ3) is 4.08. The molecule has 0 N–H and O–H groups in total. The van der Waals surface area contributed by atoms with Crippen molar-refractivity contribution in [1.29, 1.82) is 0 Å². The van der Waals surface area contributed by atoms with Crippen LogP contribution in [0.15, 0.2) is 36.4 Å². The minimum Gasteiger partial charge on any atom is -0.166 e. The van der Waals surface area contributed by atoms with Crippen LogP contribution < -0.4 is 0 Å². The van der Waals surface area contributed by atoms with Crippen molar-refractivity contribution in [1.82, 2.24) is 0 Å². The monoisotopic (exact) mass is 372 g/mol. The van der Waals surface area contributed by atoms with Gasteiger partial charge in [0, 0.05) is 0 Å². The number of alkyl halides is 9. The Balaban J connectivity index is 2.88. The molecule has 0 aliphatic heterocycles. The van der Waals surface area contributed by atoms with E-state index in [4.69, 9.17) is 0 Å². The van der Waals surface area contributed by atoms with Crippen molar-refractivity contribution in [3.63, 3.8) is 0 Å². The Kier molecular flexibility index (Phi) is 4.56. The maximum atomic E-state index is 13.1. The van der Waals surface area contributed by atoms with Gasteiger partial charge in [0.25, 0.3) is 0 Å². The van der Waals surface area contributed by atoms with Crippen LogP contribution in [-0.4, -0.2) is 0 Å². The molecule has 0 nitrogen and oxygen atoms in total. The molecule has 2 aromatic rings. The molecule has 0 saturated heterocycles. The molecule has 2 aromatic carbocycles. The molecule has 0 heterocycles. The summed E-state index contributed by atoms with van der Waals surface area (Å²) in [7, 11) is 0. The van der Waals surface area contributed by atoms with Crippen LogP contribution in [0.3, 0.4) is 0 Å². The maximum Gasteiger partial charge on any atom is 0.417 e. The molecule has 2 rings (SSSR count). The summed E-state index contributed by atoms with van der Waals surface area (Å²) >= 11 is 0. The molecule has 0 aliphatic carbocycles. The molecule has 136 valence electrons. The predicted molar refractivity (Wildman–Crippen MR) is 71.6 cm³/mol. The zero-order chi connectivity index (χ0) is 19.2. The summed E-state index contributed by atoms with van der Waals surface area (Å²) in [4.78, 5) is 0. The summed E-state index contributed by atoms with van der Waals surface area (Å²) in [6, 6.07) is 2.77. The van der Waals surface area contributed by atoms with E-state index in [-0.39, 0.29) is 23.8 Å². The average Bonchev–Trinajstić information content (AvgIpc) is 2.43. The highest BCUT2D eigenvalue weighted by atomic mass is 19.4. The van der Waals surface area contributed by atoms with Crippen LogP contribution in [0.25, 0.3) is 11.1 Å². The van der Waals surface area contributed by atoms with Crippen molar-refractivity contribution in [2.75, 3.05) is 0 Å². The summed E-state index contributed by atoms with van der Waals surface area (Å²) in [6.07, 6.45) is -15.1. The van der Waals surface area contributed by atoms with E-state index in [1.54, 1.807) is 0 Å². The summed E-state index contributed by atoms with van der Waals surface area (Å²) < 4.78 is 117. The molecule has 0 unspecified atom stereocenters. The second-order valence-electron chi connectivity index (χ2n) is 5.30. The summed E-state index contributed by atoms with van der Waals surface area (Å²) in [5, 5.41) is 0. The molecule has 0 radical (unpaired) electrons. The Bertz CT molecular complexity index is 780. The highest BCUT2D eigenvalue weighted by Crippen LogP contribution is 2.44. The van der Waals surface area contributed by atoms with E-state index in [9.17, 15) is 39.5 Å². The van der Waals surface area contributed by atoms with Gasteiger partial charge in [-0.2, -0.15) is 39.5 Å². The average molecular weight is 372 g/mol. The van der Waals surface area contributed by atoms with Crippen LogP contribution in [0.4, 0.5) is 39.5 Å². The highest BCUT2D eigenvalue weighted by molar-refractivity contribution is 5.73. The lowest BCUT2D eigenvalue weighted by atomic mass is 9.91. The molecule has 0 aromatic heterocycles. The second kappa shape index (κ2) is 5.96. The van der Waals surface area contributed by atoms with Crippen LogP contribution in [-0.2, 0) is 18.5 Å². The minimum atomic E-state index is -5.12. The van der Waals surface area contributed by atoms with Crippen LogP contribution in [0.5, 0.6) is 0 Å². The highest BCUT2D eigenvalue weighted by Gasteiger charge is 2.40. The lowest BCUT2D eigenvalue weighted by molar-refractivity contribution is -0.141. The van der Waals surface area contributed by atoms with Gasteiger partial charge in [0.15, 0.2) is 0 Å². The van der Waals surface area contributed by atoms with Gasteiger partial charge in [-0.3, -0.25) is 0 Å². The molecule has 0 fully saturated rings. The number of aryl methyl sites for hydroxylation is 1. The van der Waals surface area contributed by atoms with Crippen molar-refractivity contribution >= 4 is 0 Å². The Hall–Kier alpha value is -2.19. The molecule has 0 bridgehead atoms. The summed E-state index contributed by atoms with van der Waals surface area (Å²) in [5.41, 5.74) is -6.43. The minimum absolute atomic E-state index is 0.0901. The number of halogens is 9. The van der Waals surface area contributed by atoms with Gasteiger partial charge in [-0.15, -0.1) is 0 Å². The Morgan fingerprint density at radius 2 is 1.00 bits per heavy atom. The van der Waals surface area contributed by atoms with Gasteiger partial charge in [0.1, 0.15) is 0 Å². The van der Waals surface area contributed by atoms with Crippen LogP contribution >= 0.6 is 0 Å². The first kappa shape index (κ1) is 19.1. The van der Waals surface area contributed by atoms with E-state index in [0.29, 0.717) is 6.07 Å². The first-order chi connectivity index (χ1) is 11.2. The van der Waals surface area contributed by atoms with Gasteiger partial charge in [-0.05, 0) is 42.3 Å². The fraction of sp³-hybridized carbons (Fsp3) is 0.250. The van der Waals surface area contributed by atoms with Gasteiger partial charge >= 0.3 is 18.5 Å². The fourth-order valence-electron chi connectivity index (χ4n) is 2.32. The third-order valence-electron chi connectivity index (χ3n) is 3.42. The van der Waals surface area contributed by atoms with Gasteiger partial charge in [-0.1, -0.05) is 17.7 Å². The zero-order valence-corrected chi connectivity index (χ0v) is 12.4. The summed E-state index contributed by atoms with van der Waals surface area (Å²) in [5.74, 6) is 0. The molecule has 0 saturated carbocycles. The molecular weight excluding hydrogens is 363 g/mol. The van der Waals surface area contributed by atoms with Crippen LogP contribution in [0.1, 0.15) is 22.3 Å². The topological polar surface area (TPSA) is 0 Å². The quantitative estimate of drug-likeness (QED) is 0.488. The van der Waals surface area contributed by atoms with E-state index in [2.05, 4.69) is 0 Å². The van der Waals surface area contributed by atoms with Gasteiger partial charge in [0.05, 0.1) is 16.7 Å². The number of hydrogen-bond acceptors (Lipinski definition) is 0. The Morgan fingerprint density at radius 3 is 1.44 bits per heavy atom. The molecule has 0 amide bonds.